The number of morpholine rings is 1. The van der Waals surface area contributed by atoms with E-state index in [1.54, 1.807) is 6.07 Å². The fourth-order valence-electron chi connectivity index (χ4n) is 9.43. The average Bonchev–Trinajstić information content (AvgIpc) is 3.56. The molecule has 2 saturated heterocycles. The molecule has 23 heteroatoms. The molecule has 3 fully saturated rings. The molecule has 6 heterocycles. The largest absolute Gasteiger partial charge is 0.371 e. The second-order valence-electron chi connectivity index (χ2n) is 16.4. The van der Waals surface area contributed by atoms with Gasteiger partial charge in [-0.15, -0.1) is 0 Å². The summed E-state index contributed by atoms with van der Waals surface area (Å²) in [5, 5.41) is 10.8. The Kier molecular flexibility index (Phi) is 9.60. The number of rotatable bonds is 11. The lowest BCUT2D eigenvalue weighted by Crippen LogP contribution is -2.43. The lowest BCUT2D eigenvalue weighted by atomic mass is 10.0. The van der Waals surface area contributed by atoms with Gasteiger partial charge in [-0.2, -0.15) is 19.0 Å². The predicted molar refractivity (Wildman–Crippen MR) is 216 cm³/mol. The Labute approximate surface area is 358 Å². The Morgan fingerprint density at radius 1 is 1.03 bits per heavy atom. The number of ether oxygens (including phenoxy) is 1. The zero-order valence-corrected chi connectivity index (χ0v) is 34.7. The number of hydrogen-bond acceptors (Lipinski definition) is 10. The van der Waals surface area contributed by atoms with Crippen molar-refractivity contribution in [2.24, 2.45) is 13.0 Å². The van der Waals surface area contributed by atoms with Crippen LogP contribution in [0.1, 0.15) is 66.0 Å². The molecule has 2 unspecified atom stereocenters. The maximum atomic E-state index is 15.6. The molecule has 1 amide bonds. The maximum absolute atomic E-state index is 15.6. The van der Waals surface area contributed by atoms with E-state index in [0.29, 0.717) is 29.7 Å². The molecule has 2 aromatic carbocycles. The highest BCUT2D eigenvalue weighted by Crippen LogP contribution is 2.68. The van der Waals surface area contributed by atoms with Crippen LogP contribution in [0.25, 0.3) is 27.6 Å². The van der Waals surface area contributed by atoms with Crippen LogP contribution in [0.4, 0.5) is 38.0 Å². The average molecular weight is 917 g/mol. The van der Waals surface area contributed by atoms with E-state index in [1.807, 2.05) is 4.90 Å². The molecule has 4 aliphatic rings. The zero-order chi connectivity index (χ0) is 44.4. The van der Waals surface area contributed by atoms with Crippen LogP contribution in [0, 0.1) is 17.6 Å². The molecular weight excluding hydrogens is 882 g/mol. The second kappa shape index (κ2) is 14.7. The summed E-state index contributed by atoms with van der Waals surface area (Å²) < 4.78 is 125. The van der Waals surface area contributed by atoms with Crippen LogP contribution in [0.3, 0.4) is 0 Å². The summed E-state index contributed by atoms with van der Waals surface area (Å²) in [5.74, 6) is -8.57. The fourth-order valence-corrected chi connectivity index (χ4v) is 10.2. The molecule has 63 heavy (non-hydrogen) atoms. The predicted octanol–water partition coefficient (Wildman–Crippen LogP) is 5.78. The highest BCUT2D eigenvalue weighted by molar-refractivity contribution is 7.92. The summed E-state index contributed by atoms with van der Waals surface area (Å²) in [7, 11) is -2.45. The number of carbonyl (C=O) groups is 1. The third-order valence-electron chi connectivity index (χ3n) is 12.0. The van der Waals surface area contributed by atoms with E-state index >= 15 is 13.6 Å². The van der Waals surface area contributed by atoms with Crippen molar-refractivity contribution in [1.82, 2.24) is 39.4 Å². The molecule has 2 aliphatic heterocycles. The van der Waals surface area contributed by atoms with Gasteiger partial charge in [0.1, 0.15) is 41.2 Å². The first-order valence-corrected chi connectivity index (χ1v) is 22.1. The number of nitrogens with zero attached hydrogens (tertiary/aromatic N) is 8. The summed E-state index contributed by atoms with van der Waals surface area (Å²) in [4.78, 5) is 40.8. The van der Waals surface area contributed by atoms with Crippen LogP contribution in [0.2, 0.25) is 5.02 Å². The topological polar surface area (TPSA) is 171 Å². The van der Waals surface area contributed by atoms with Crippen LogP contribution < -0.4 is 20.5 Å². The Bertz CT molecular complexity index is 3060. The summed E-state index contributed by atoms with van der Waals surface area (Å²) in [6.45, 7) is 0.0483. The number of pyridine rings is 1. The second-order valence-corrected chi connectivity index (χ2v) is 18.6. The Morgan fingerprint density at radius 2 is 1.75 bits per heavy atom. The molecule has 4 aromatic heterocycles. The number of amides is 1. The minimum absolute atomic E-state index is 0.00205. The SMILES string of the molecule is Cn1nc(NS(C)(=O)=O)c2c(Cl)ccc(-n3c([C@H](Cc4cc(F)cc(F)c4)NC(=O)Cn4nc(C(F)F)c5c4C(F)(F)[C@@H]4C[C@H]54)nc4nc(N5CC6CCC(C5)O6)ccc4c3=O)c21. The van der Waals surface area contributed by atoms with Gasteiger partial charge in [0.15, 0.2) is 11.5 Å². The molecule has 2 bridgehead atoms. The number of alkyl halides is 4. The third kappa shape index (κ3) is 7.14. The van der Waals surface area contributed by atoms with Gasteiger partial charge in [-0.05, 0) is 67.1 Å². The minimum Gasteiger partial charge on any atom is -0.371 e. The summed E-state index contributed by atoms with van der Waals surface area (Å²) in [6.07, 6.45) is -1.11. The van der Waals surface area contributed by atoms with Gasteiger partial charge in [0.2, 0.25) is 15.9 Å². The monoisotopic (exact) mass is 916 g/mol. The van der Waals surface area contributed by atoms with Gasteiger partial charge in [-0.1, -0.05) is 11.6 Å². The molecule has 1 saturated carbocycles. The molecule has 2 N–H and O–H groups in total. The highest BCUT2D eigenvalue weighted by Gasteiger charge is 2.67. The number of anilines is 2. The van der Waals surface area contributed by atoms with Crippen molar-refractivity contribution in [2.45, 2.75) is 68.7 Å². The van der Waals surface area contributed by atoms with Crippen LogP contribution in [-0.4, -0.2) is 80.0 Å². The van der Waals surface area contributed by atoms with E-state index in [9.17, 15) is 30.8 Å². The molecule has 5 atom stereocenters. The van der Waals surface area contributed by atoms with Crippen LogP contribution >= 0.6 is 11.6 Å². The number of hydrogen-bond donors (Lipinski definition) is 2. The molecule has 2 aliphatic carbocycles. The first kappa shape index (κ1) is 41.3. The van der Waals surface area contributed by atoms with Crippen LogP contribution in [0.15, 0.2) is 47.3 Å². The normalized spacial score (nSPS) is 21.6. The van der Waals surface area contributed by atoms with E-state index in [-0.39, 0.29) is 74.0 Å². The van der Waals surface area contributed by atoms with Gasteiger partial charge in [0.05, 0.1) is 51.5 Å². The lowest BCUT2D eigenvalue weighted by molar-refractivity contribution is -0.123. The molecule has 330 valence electrons. The number of sulfonamides is 1. The highest BCUT2D eigenvalue weighted by atomic mass is 35.5. The van der Waals surface area contributed by atoms with E-state index < -0.39 is 87.7 Å². The van der Waals surface area contributed by atoms with Gasteiger partial charge >= 0.3 is 0 Å². The van der Waals surface area contributed by atoms with Gasteiger partial charge in [-0.3, -0.25) is 28.2 Å². The molecule has 0 radical (unpaired) electrons. The number of aromatic nitrogens is 7. The van der Waals surface area contributed by atoms with Gasteiger partial charge in [-0.25, -0.2) is 35.9 Å². The van der Waals surface area contributed by atoms with Gasteiger partial charge in [0.25, 0.3) is 17.9 Å². The van der Waals surface area contributed by atoms with Crippen molar-refractivity contribution < 1.29 is 44.3 Å². The van der Waals surface area contributed by atoms with Crippen LogP contribution in [0.5, 0.6) is 0 Å². The minimum atomic E-state index is -3.91. The first-order valence-electron chi connectivity index (χ1n) is 19.8. The Morgan fingerprint density at radius 3 is 2.43 bits per heavy atom. The van der Waals surface area contributed by atoms with Crippen molar-refractivity contribution in [3.8, 4) is 5.69 Å². The Hall–Kier alpha value is -5.74. The number of carbonyl (C=O) groups excluding carboxylic acids is 1. The third-order valence-corrected chi connectivity index (χ3v) is 12.9. The fraction of sp³-hybridized carbons (Fsp3) is 0.400. The maximum Gasteiger partial charge on any atom is 0.293 e. The molecule has 0 spiro atoms. The Balaban J connectivity index is 1.16. The van der Waals surface area contributed by atoms with Crippen molar-refractivity contribution in [1.29, 1.82) is 0 Å². The number of aryl methyl sites for hydroxylation is 1. The van der Waals surface area contributed by atoms with E-state index in [0.717, 1.165) is 35.8 Å². The number of halogens is 7. The number of fused-ring (bicyclic) bond motifs is 7. The molecule has 10 rings (SSSR count). The van der Waals surface area contributed by atoms with Crippen molar-refractivity contribution >= 4 is 61.1 Å². The van der Waals surface area contributed by atoms with Crippen LogP contribution in [-0.2, 0) is 45.5 Å². The summed E-state index contributed by atoms with van der Waals surface area (Å²) in [5.41, 5.74) is -2.66. The summed E-state index contributed by atoms with van der Waals surface area (Å²) in [6, 6.07) is 7.05. The van der Waals surface area contributed by atoms with E-state index in [1.165, 1.54) is 29.9 Å². The zero-order valence-electron chi connectivity index (χ0n) is 33.1. The first-order chi connectivity index (χ1) is 29.8. The summed E-state index contributed by atoms with van der Waals surface area (Å²) >= 11 is 6.64. The van der Waals surface area contributed by atoms with Gasteiger partial charge in [0, 0.05) is 44.1 Å². The van der Waals surface area contributed by atoms with Crippen molar-refractivity contribution in [2.75, 3.05) is 29.0 Å². The smallest absolute Gasteiger partial charge is 0.293 e. The van der Waals surface area contributed by atoms with Crippen molar-refractivity contribution in [3.63, 3.8) is 0 Å². The van der Waals surface area contributed by atoms with E-state index in [2.05, 4.69) is 20.2 Å². The molecule has 6 aromatic rings. The molecular formula is C40H35ClF6N10O5S. The molecule has 15 nitrogen and oxygen atoms in total. The standard InChI is InChI=1S/C40H35ClF6N10O5S/c1-54-33-27(7-6-25(41)31(33)37(52-54)53-63(2,60)61)57-38(50-36-22(39(57)59)5-8-28(49-36)55-14-20-3-4-21(15-55)62-20)26(11-17-9-18(42)12-19(43)10-17)48-29(58)16-56-34-30(32(51-56)35(44)45)23-13-24(23)40(34,46)47/h5-10,12,20-21,23-24,26,35H,3-4,11,13-16H2,1-2H3,(H,48,58)(H,52,53)/t20?,21?,23-,24+,26-/m0/s1. The van der Waals surface area contributed by atoms with E-state index in [4.69, 9.17) is 26.3 Å². The van der Waals surface area contributed by atoms with Gasteiger partial charge < -0.3 is 15.0 Å². The lowest BCUT2D eigenvalue weighted by Gasteiger charge is -2.33. The number of nitrogens with one attached hydrogen (secondary N) is 2. The quantitative estimate of drug-likeness (QED) is 0.152. The number of benzene rings is 2. The van der Waals surface area contributed by atoms with Crippen molar-refractivity contribution in [3.05, 3.63) is 97.8 Å².